The lowest BCUT2D eigenvalue weighted by Gasteiger charge is -2.17. The molecule has 0 radical (unpaired) electrons. The molecule has 1 aliphatic heterocycles. The van der Waals surface area contributed by atoms with Crippen LogP contribution < -0.4 is 5.32 Å². The van der Waals surface area contributed by atoms with E-state index in [-0.39, 0.29) is 5.91 Å². The number of amides is 1. The SMILES string of the molecule is CCCNc1cc(C(=O)N2CCC(C)C2)cc(CCC)n1. The van der Waals surface area contributed by atoms with Crippen molar-refractivity contribution in [2.75, 3.05) is 25.0 Å². The average Bonchev–Trinajstić information content (AvgIpc) is 2.91. The molecule has 1 unspecified atom stereocenters. The van der Waals surface area contributed by atoms with Gasteiger partial charge in [0.25, 0.3) is 5.91 Å². The topological polar surface area (TPSA) is 45.2 Å². The normalized spacial score (nSPS) is 18.0. The largest absolute Gasteiger partial charge is 0.370 e. The van der Waals surface area contributed by atoms with Crippen molar-refractivity contribution >= 4 is 11.7 Å². The predicted molar refractivity (Wildman–Crippen MR) is 86.7 cm³/mol. The lowest BCUT2D eigenvalue weighted by atomic mass is 10.1. The average molecular weight is 289 g/mol. The zero-order valence-corrected chi connectivity index (χ0v) is 13.5. The maximum Gasteiger partial charge on any atom is 0.254 e. The highest BCUT2D eigenvalue weighted by molar-refractivity contribution is 5.95. The molecule has 21 heavy (non-hydrogen) atoms. The molecule has 1 atom stereocenters. The van der Waals surface area contributed by atoms with Crippen molar-refractivity contribution in [2.24, 2.45) is 5.92 Å². The minimum Gasteiger partial charge on any atom is -0.370 e. The lowest BCUT2D eigenvalue weighted by Crippen LogP contribution is -2.28. The van der Waals surface area contributed by atoms with E-state index in [1.165, 1.54) is 0 Å². The number of aromatic nitrogens is 1. The summed E-state index contributed by atoms with van der Waals surface area (Å²) in [5, 5.41) is 3.31. The first kappa shape index (κ1) is 15.8. The highest BCUT2D eigenvalue weighted by atomic mass is 16.2. The van der Waals surface area contributed by atoms with Gasteiger partial charge in [0, 0.05) is 30.9 Å². The Balaban J connectivity index is 2.19. The number of pyridine rings is 1. The third-order valence-electron chi connectivity index (χ3n) is 3.90. The zero-order valence-electron chi connectivity index (χ0n) is 13.5. The summed E-state index contributed by atoms with van der Waals surface area (Å²) in [5.41, 5.74) is 1.79. The van der Waals surface area contributed by atoms with Gasteiger partial charge in [-0.2, -0.15) is 0 Å². The van der Waals surface area contributed by atoms with Crippen LogP contribution in [0.2, 0.25) is 0 Å². The highest BCUT2D eigenvalue weighted by Gasteiger charge is 2.24. The van der Waals surface area contributed by atoms with Crippen molar-refractivity contribution in [3.63, 3.8) is 0 Å². The Morgan fingerprint density at radius 2 is 2.19 bits per heavy atom. The van der Waals surface area contributed by atoms with Crippen molar-refractivity contribution in [3.05, 3.63) is 23.4 Å². The predicted octanol–water partition coefficient (Wildman–Crippen LogP) is 3.34. The molecule has 0 aromatic carbocycles. The number of carbonyl (C=O) groups is 1. The van der Waals surface area contributed by atoms with E-state index >= 15 is 0 Å². The summed E-state index contributed by atoms with van der Waals surface area (Å²) in [6.07, 6.45) is 4.11. The molecule has 1 fully saturated rings. The molecule has 116 valence electrons. The fraction of sp³-hybridized carbons (Fsp3) is 0.647. The number of aryl methyl sites for hydroxylation is 1. The first-order chi connectivity index (χ1) is 10.1. The van der Waals surface area contributed by atoms with Gasteiger partial charge < -0.3 is 10.2 Å². The molecule has 1 aromatic heterocycles. The molecule has 1 saturated heterocycles. The number of anilines is 1. The third kappa shape index (κ3) is 4.19. The lowest BCUT2D eigenvalue weighted by molar-refractivity contribution is 0.0788. The molecule has 1 aromatic rings. The summed E-state index contributed by atoms with van der Waals surface area (Å²) in [5.74, 6) is 1.60. The van der Waals surface area contributed by atoms with E-state index in [1.807, 2.05) is 17.0 Å². The van der Waals surface area contributed by atoms with Gasteiger partial charge in [-0.15, -0.1) is 0 Å². The number of nitrogens with zero attached hydrogens (tertiary/aromatic N) is 2. The molecule has 2 rings (SSSR count). The molecule has 0 bridgehead atoms. The monoisotopic (exact) mass is 289 g/mol. The standard InChI is InChI=1S/C17H27N3O/c1-4-6-15-10-14(11-16(19-15)18-8-5-2)17(21)20-9-7-13(3)12-20/h10-11,13H,4-9,12H2,1-3H3,(H,18,19). The fourth-order valence-electron chi connectivity index (χ4n) is 2.74. The zero-order chi connectivity index (χ0) is 15.2. The van der Waals surface area contributed by atoms with Gasteiger partial charge in [0.15, 0.2) is 0 Å². The number of rotatable bonds is 6. The second-order valence-corrected chi connectivity index (χ2v) is 6.05. The van der Waals surface area contributed by atoms with Crippen LogP contribution in [0.5, 0.6) is 0 Å². The van der Waals surface area contributed by atoms with E-state index in [0.717, 1.165) is 62.4 Å². The molecule has 0 spiro atoms. The summed E-state index contributed by atoms with van der Waals surface area (Å²) >= 11 is 0. The van der Waals surface area contributed by atoms with Gasteiger partial charge in [-0.25, -0.2) is 4.98 Å². The molecule has 0 aliphatic carbocycles. The van der Waals surface area contributed by atoms with E-state index in [2.05, 4.69) is 31.1 Å². The molecule has 4 heteroatoms. The fourth-order valence-corrected chi connectivity index (χ4v) is 2.74. The van der Waals surface area contributed by atoms with Crippen LogP contribution in [0.4, 0.5) is 5.82 Å². The molecule has 2 heterocycles. The molecular formula is C17H27N3O. The third-order valence-corrected chi connectivity index (χ3v) is 3.90. The van der Waals surface area contributed by atoms with Crippen LogP contribution >= 0.6 is 0 Å². The van der Waals surface area contributed by atoms with E-state index < -0.39 is 0 Å². The quantitative estimate of drug-likeness (QED) is 0.873. The van der Waals surface area contributed by atoms with E-state index in [0.29, 0.717) is 5.92 Å². The summed E-state index contributed by atoms with van der Waals surface area (Å²) < 4.78 is 0. The van der Waals surface area contributed by atoms with Crippen molar-refractivity contribution in [2.45, 2.75) is 46.5 Å². The van der Waals surface area contributed by atoms with Crippen LogP contribution in [-0.4, -0.2) is 35.4 Å². The van der Waals surface area contributed by atoms with Crippen LogP contribution in [-0.2, 0) is 6.42 Å². The van der Waals surface area contributed by atoms with Crippen molar-refractivity contribution in [3.8, 4) is 0 Å². The minimum atomic E-state index is 0.152. The number of hydrogen-bond donors (Lipinski definition) is 1. The maximum atomic E-state index is 12.6. The summed E-state index contributed by atoms with van der Waals surface area (Å²) in [7, 11) is 0. The molecule has 1 amide bonds. The van der Waals surface area contributed by atoms with Crippen LogP contribution in [0.25, 0.3) is 0 Å². The molecule has 4 nitrogen and oxygen atoms in total. The first-order valence-corrected chi connectivity index (χ1v) is 8.18. The second-order valence-electron chi connectivity index (χ2n) is 6.05. The van der Waals surface area contributed by atoms with E-state index in [1.54, 1.807) is 0 Å². The molecular weight excluding hydrogens is 262 g/mol. The van der Waals surface area contributed by atoms with Gasteiger partial charge in [-0.05, 0) is 37.3 Å². The Labute approximate surface area is 127 Å². The van der Waals surface area contributed by atoms with Gasteiger partial charge in [0.05, 0.1) is 0 Å². The number of nitrogens with one attached hydrogen (secondary N) is 1. The van der Waals surface area contributed by atoms with Gasteiger partial charge in [-0.3, -0.25) is 4.79 Å². The Morgan fingerprint density at radius 1 is 1.38 bits per heavy atom. The number of carbonyl (C=O) groups excluding carboxylic acids is 1. The number of hydrogen-bond acceptors (Lipinski definition) is 3. The molecule has 1 N–H and O–H groups in total. The van der Waals surface area contributed by atoms with Gasteiger partial charge >= 0.3 is 0 Å². The van der Waals surface area contributed by atoms with Crippen LogP contribution in [0.3, 0.4) is 0 Å². The van der Waals surface area contributed by atoms with Crippen LogP contribution in [0, 0.1) is 5.92 Å². The summed E-state index contributed by atoms with van der Waals surface area (Å²) in [6.45, 7) is 9.11. The Morgan fingerprint density at radius 3 is 2.81 bits per heavy atom. The summed E-state index contributed by atoms with van der Waals surface area (Å²) in [6, 6.07) is 3.87. The second kappa shape index (κ2) is 7.43. The van der Waals surface area contributed by atoms with Gasteiger partial charge in [-0.1, -0.05) is 27.2 Å². The van der Waals surface area contributed by atoms with Crippen molar-refractivity contribution in [1.82, 2.24) is 9.88 Å². The Bertz CT molecular complexity index is 487. The maximum absolute atomic E-state index is 12.6. The minimum absolute atomic E-state index is 0.152. The van der Waals surface area contributed by atoms with E-state index in [9.17, 15) is 4.79 Å². The van der Waals surface area contributed by atoms with Crippen molar-refractivity contribution < 1.29 is 4.79 Å². The van der Waals surface area contributed by atoms with Crippen LogP contribution in [0.15, 0.2) is 12.1 Å². The summed E-state index contributed by atoms with van der Waals surface area (Å²) in [4.78, 5) is 19.2. The molecule has 0 saturated carbocycles. The first-order valence-electron chi connectivity index (χ1n) is 8.18. The van der Waals surface area contributed by atoms with Crippen LogP contribution in [0.1, 0.15) is 56.1 Å². The van der Waals surface area contributed by atoms with Gasteiger partial charge in [0.1, 0.15) is 5.82 Å². The Kier molecular flexibility index (Phi) is 5.59. The smallest absolute Gasteiger partial charge is 0.254 e. The van der Waals surface area contributed by atoms with E-state index in [4.69, 9.17) is 0 Å². The van der Waals surface area contributed by atoms with Gasteiger partial charge in [0.2, 0.25) is 0 Å². The highest BCUT2D eigenvalue weighted by Crippen LogP contribution is 2.20. The number of likely N-dealkylation sites (tertiary alicyclic amines) is 1. The van der Waals surface area contributed by atoms with Crippen molar-refractivity contribution in [1.29, 1.82) is 0 Å². The molecule has 1 aliphatic rings. The Hall–Kier alpha value is -1.58.